The number of hydrogen-bond donors (Lipinski definition) is 0. The quantitative estimate of drug-likeness (QED) is 0.540. The normalized spacial score (nSPS) is 39.5. The topological polar surface area (TPSA) is 0 Å². The Morgan fingerprint density at radius 2 is 1.73 bits per heavy atom. The molecule has 0 amide bonds. The Morgan fingerprint density at radius 1 is 1.09 bits per heavy atom. The minimum Gasteiger partial charge on any atom is -0.0625 e. The van der Waals surface area contributed by atoms with Crippen molar-refractivity contribution in [3.05, 3.63) is 0 Å². The minimum atomic E-state index is 0.896. The molecule has 0 spiro atoms. The van der Waals surface area contributed by atoms with Gasteiger partial charge in [-0.05, 0) is 30.1 Å². The van der Waals surface area contributed by atoms with Crippen molar-refractivity contribution in [2.24, 2.45) is 23.7 Å². The lowest BCUT2D eigenvalue weighted by atomic mass is 9.69. The second-order valence-electron chi connectivity index (χ2n) is 4.68. The zero-order valence-corrected chi connectivity index (χ0v) is 8.43. The van der Waals surface area contributed by atoms with Crippen molar-refractivity contribution in [1.29, 1.82) is 0 Å². The van der Waals surface area contributed by atoms with Gasteiger partial charge in [-0.1, -0.05) is 40.5 Å². The Kier molecular flexibility index (Phi) is 2.98. The van der Waals surface area contributed by atoms with Crippen LogP contribution in [0.1, 0.15) is 47.0 Å². The summed E-state index contributed by atoms with van der Waals surface area (Å²) in [5.41, 5.74) is 0. The van der Waals surface area contributed by atoms with E-state index >= 15 is 0 Å². The molecule has 0 aliphatic heterocycles. The highest BCUT2D eigenvalue weighted by Crippen LogP contribution is 2.38. The van der Waals surface area contributed by atoms with Gasteiger partial charge in [-0.25, -0.2) is 0 Å². The van der Waals surface area contributed by atoms with E-state index in [1.807, 2.05) is 0 Å². The zero-order valence-electron chi connectivity index (χ0n) is 8.43. The lowest BCUT2D eigenvalue weighted by molar-refractivity contribution is 0.139. The fourth-order valence-electron chi connectivity index (χ4n) is 2.56. The molecule has 0 aromatic heterocycles. The van der Waals surface area contributed by atoms with Crippen LogP contribution in [-0.2, 0) is 0 Å². The summed E-state index contributed by atoms with van der Waals surface area (Å²) in [6.45, 7) is 9.60. The molecular formula is C11H22. The fraction of sp³-hybridized carbons (Fsp3) is 1.00. The third kappa shape index (κ3) is 1.98. The van der Waals surface area contributed by atoms with E-state index in [1.54, 1.807) is 0 Å². The molecule has 0 aromatic rings. The van der Waals surface area contributed by atoms with E-state index in [-0.39, 0.29) is 0 Å². The Hall–Kier alpha value is 0. The minimum absolute atomic E-state index is 0.896. The third-order valence-corrected chi connectivity index (χ3v) is 3.63. The second kappa shape index (κ2) is 3.60. The van der Waals surface area contributed by atoms with Crippen LogP contribution in [0.5, 0.6) is 0 Å². The van der Waals surface area contributed by atoms with Crippen LogP contribution < -0.4 is 0 Å². The molecule has 0 heterocycles. The van der Waals surface area contributed by atoms with E-state index in [2.05, 4.69) is 27.7 Å². The number of hydrogen-bond acceptors (Lipinski definition) is 0. The molecule has 1 rings (SSSR count). The Balaban J connectivity index is 2.51. The van der Waals surface area contributed by atoms with Crippen molar-refractivity contribution >= 4 is 0 Å². The van der Waals surface area contributed by atoms with Gasteiger partial charge < -0.3 is 0 Å². The van der Waals surface area contributed by atoms with E-state index in [0.29, 0.717) is 0 Å². The second-order valence-corrected chi connectivity index (χ2v) is 4.68. The SMILES string of the molecule is CC(C)[C@H]1CCC[C@@H](C)[C@@H]1C. The summed E-state index contributed by atoms with van der Waals surface area (Å²) in [6.07, 6.45) is 4.40. The molecular weight excluding hydrogens is 132 g/mol. The molecule has 1 aliphatic carbocycles. The van der Waals surface area contributed by atoms with Crippen LogP contribution >= 0.6 is 0 Å². The molecule has 0 aromatic carbocycles. The van der Waals surface area contributed by atoms with E-state index in [9.17, 15) is 0 Å². The molecule has 0 nitrogen and oxygen atoms in total. The maximum Gasteiger partial charge on any atom is -0.0363 e. The van der Waals surface area contributed by atoms with Crippen LogP contribution in [0.15, 0.2) is 0 Å². The van der Waals surface area contributed by atoms with Crippen molar-refractivity contribution in [3.63, 3.8) is 0 Å². The smallest absolute Gasteiger partial charge is 0.0363 e. The molecule has 3 atom stereocenters. The average molecular weight is 154 g/mol. The van der Waals surface area contributed by atoms with Crippen LogP contribution in [0, 0.1) is 23.7 Å². The first-order valence-electron chi connectivity index (χ1n) is 5.13. The maximum absolute atomic E-state index is 2.44. The summed E-state index contributed by atoms with van der Waals surface area (Å²) in [6, 6.07) is 0. The van der Waals surface area contributed by atoms with Gasteiger partial charge in [0, 0.05) is 0 Å². The highest BCUT2D eigenvalue weighted by Gasteiger charge is 2.28. The third-order valence-electron chi connectivity index (χ3n) is 3.63. The first-order valence-corrected chi connectivity index (χ1v) is 5.13. The average Bonchev–Trinajstić information content (AvgIpc) is 1.94. The molecule has 1 saturated carbocycles. The molecule has 0 radical (unpaired) electrons. The van der Waals surface area contributed by atoms with Crippen molar-refractivity contribution in [2.75, 3.05) is 0 Å². The van der Waals surface area contributed by atoms with Gasteiger partial charge in [0.1, 0.15) is 0 Å². The molecule has 0 bridgehead atoms. The molecule has 1 aliphatic rings. The van der Waals surface area contributed by atoms with Crippen molar-refractivity contribution in [1.82, 2.24) is 0 Å². The van der Waals surface area contributed by atoms with Crippen molar-refractivity contribution in [3.8, 4) is 0 Å². The van der Waals surface area contributed by atoms with Crippen molar-refractivity contribution < 1.29 is 0 Å². The van der Waals surface area contributed by atoms with Gasteiger partial charge in [0.2, 0.25) is 0 Å². The predicted octanol–water partition coefficient (Wildman–Crippen LogP) is 3.71. The fourth-order valence-corrected chi connectivity index (χ4v) is 2.56. The highest BCUT2D eigenvalue weighted by molar-refractivity contribution is 4.78. The zero-order chi connectivity index (χ0) is 8.43. The van der Waals surface area contributed by atoms with Gasteiger partial charge >= 0.3 is 0 Å². The van der Waals surface area contributed by atoms with E-state index < -0.39 is 0 Å². The summed E-state index contributed by atoms with van der Waals surface area (Å²) in [5, 5.41) is 0. The molecule has 0 N–H and O–H groups in total. The summed E-state index contributed by atoms with van der Waals surface area (Å²) in [5.74, 6) is 3.83. The van der Waals surface area contributed by atoms with Crippen LogP contribution in [-0.4, -0.2) is 0 Å². The Labute approximate surface area is 71.4 Å². The van der Waals surface area contributed by atoms with Crippen molar-refractivity contribution in [2.45, 2.75) is 47.0 Å². The van der Waals surface area contributed by atoms with Gasteiger partial charge in [0.15, 0.2) is 0 Å². The van der Waals surface area contributed by atoms with E-state index in [1.165, 1.54) is 19.3 Å². The van der Waals surface area contributed by atoms with Crippen LogP contribution in [0.25, 0.3) is 0 Å². The molecule has 11 heavy (non-hydrogen) atoms. The summed E-state index contributed by atoms with van der Waals surface area (Å²) in [7, 11) is 0. The molecule has 0 saturated heterocycles. The monoisotopic (exact) mass is 154 g/mol. The van der Waals surface area contributed by atoms with Crippen LogP contribution in [0.4, 0.5) is 0 Å². The van der Waals surface area contributed by atoms with E-state index in [0.717, 1.165) is 23.7 Å². The van der Waals surface area contributed by atoms with Gasteiger partial charge in [-0.15, -0.1) is 0 Å². The first kappa shape index (κ1) is 9.09. The first-order chi connectivity index (χ1) is 5.13. The highest BCUT2D eigenvalue weighted by atomic mass is 14.3. The summed E-state index contributed by atoms with van der Waals surface area (Å²) < 4.78 is 0. The molecule has 0 heteroatoms. The number of rotatable bonds is 1. The lowest BCUT2D eigenvalue weighted by Crippen LogP contribution is -2.27. The summed E-state index contributed by atoms with van der Waals surface area (Å²) in [4.78, 5) is 0. The van der Waals surface area contributed by atoms with Gasteiger partial charge in [0.25, 0.3) is 0 Å². The molecule has 1 fully saturated rings. The van der Waals surface area contributed by atoms with Crippen LogP contribution in [0.2, 0.25) is 0 Å². The Morgan fingerprint density at radius 3 is 2.18 bits per heavy atom. The van der Waals surface area contributed by atoms with E-state index in [4.69, 9.17) is 0 Å². The van der Waals surface area contributed by atoms with Gasteiger partial charge in [0.05, 0.1) is 0 Å². The predicted molar refractivity (Wildman–Crippen MR) is 50.5 cm³/mol. The van der Waals surface area contributed by atoms with Gasteiger partial charge in [-0.2, -0.15) is 0 Å². The molecule has 0 unspecified atom stereocenters. The molecule has 66 valence electrons. The summed E-state index contributed by atoms with van der Waals surface area (Å²) >= 11 is 0. The maximum atomic E-state index is 2.44. The van der Waals surface area contributed by atoms with Crippen LogP contribution in [0.3, 0.4) is 0 Å². The largest absolute Gasteiger partial charge is 0.0625 e. The Bertz CT molecular complexity index is 115. The van der Waals surface area contributed by atoms with Gasteiger partial charge in [-0.3, -0.25) is 0 Å². The lowest BCUT2D eigenvalue weighted by Gasteiger charge is -2.36. The standard InChI is InChI=1S/C11H22/c1-8(2)11-7-5-6-9(3)10(11)4/h8-11H,5-7H2,1-4H3/t9-,10+,11-/m1/s1.